The molecule has 4 nitrogen and oxygen atoms in total. The Morgan fingerprint density at radius 1 is 1.38 bits per heavy atom. The number of nitrogens with zero attached hydrogens (tertiary/aromatic N) is 2. The van der Waals surface area contributed by atoms with Crippen LogP contribution in [0.25, 0.3) is 0 Å². The molecular weight excluding hydrogens is 271 g/mol. The van der Waals surface area contributed by atoms with Crippen LogP contribution in [-0.2, 0) is 0 Å². The summed E-state index contributed by atoms with van der Waals surface area (Å²) in [6.45, 7) is 5.73. The molecule has 21 heavy (non-hydrogen) atoms. The third-order valence-electron chi connectivity index (χ3n) is 4.46. The van der Waals surface area contributed by atoms with Crippen LogP contribution in [0.2, 0.25) is 0 Å². The van der Waals surface area contributed by atoms with Gasteiger partial charge >= 0.3 is 0 Å². The van der Waals surface area contributed by atoms with Gasteiger partial charge in [-0.2, -0.15) is 0 Å². The van der Waals surface area contributed by atoms with E-state index >= 15 is 0 Å². The topological polar surface area (TPSA) is 46.9 Å². The zero-order chi connectivity index (χ0) is 15.6. The van der Waals surface area contributed by atoms with Crippen molar-refractivity contribution in [1.29, 1.82) is 0 Å². The Morgan fingerprint density at radius 3 is 2.71 bits per heavy atom. The van der Waals surface area contributed by atoms with Gasteiger partial charge in [0.1, 0.15) is 11.8 Å². The number of hydrogen-bond acceptors (Lipinski definition) is 4. The summed E-state index contributed by atoms with van der Waals surface area (Å²) in [6.07, 6.45) is -0.266. The smallest absolute Gasteiger partial charge is 0.139 e. The van der Waals surface area contributed by atoms with Gasteiger partial charge in [0.25, 0.3) is 0 Å². The zero-order valence-electron chi connectivity index (χ0n) is 13.2. The molecule has 0 saturated carbocycles. The number of likely N-dealkylation sites (N-methyl/N-ethyl adjacent to an activating group) is 1. The summed E-state index contributed by atoms with van der Waals surface area (Å²) in [6, 6.07) is -0.0259. The van der Waals surface area contributed by atoms with E-state index in [4.69, 9.17) is 0 Å². The summed E-state index contributed by atoms with van der Waals surface area (Å²) < 4.78 is 13.7. The summed E-state index contributed by atoms with van der Waals surface area (Å²) in [5.41, 5.74) is -0.979. The second-order valence-corrected chi connectivity index (χ2v) is 6.77. The standard InChI is InChI=1S/C16H27FN2O2/c1-12(2)19-10-14(17)15(20)9-13(19)5-7-16(21)6-4-8-18(3)11-16/h12-15,20-21H,4,6,8-11H2,1-3H3. The van der Waals surface area contributed by atoms with Gasteiger partial charge in [0.2, 0.25) is 0 Å². The molecule has 2 aliphatic rings. The Kier molecular flexibility index (Phi) is 5.26. The summed E-state index contributed by atoms with van der Waals surface area (Å²) in [5.74, 6) is 6.11. The minimum absolute atomic E-state index is 0.165. The molecule has 0 aliphatic carbocycles. The van der Waals surface area contributed by atoms with Crippen LogP contribution >= 0.6 is 0 Å². The van der Waals surface area contributed by atoms with Gasteiger partial charge < -0.3 is 15.1 Å². The van der Waals surface area contributed by atoms with E-state index in [0.29, 0.717) is 19.4 Å². The quantitative estimate of drug-likeness (QED) is 0.697. The molecule has 2 N–H and O–H groups in total. The van der Waals surface area contributed by atoms with E-state index in [1.165, 1.54) is 0 Å². The fraction of sp³-hybridized carbons (Fsp3) is 0.875. The Labute approximate surface area is 126 Å². The lowest BCUT2D eigenvalue weighted by molar-refractivity contribution is -0.0203. The number of rotatable bonds is 1. The molecule has 2 fully saturated rings. The number of aliphatic hydroxyl groups excluding tert-OH is 1. The van der Waals surface area contributed by atoms with Crippen molar-refractivity contribution in [2.45, 2.75) is 63.1 Å². The first kappa shape index (κ1) is 16.7. The zero-order valence-corrected chi connectivity index (χ0v) is 13.2. The van der Waals surface area contributed by atoms with Crippen LogP contribution in [-0.4, -0.2) is 76.7 Å². The van der Waals surface area contributed by atoms with Gasteiger partial charge in [0.15, 0.2) is 0 Å². The number of alkyl halides is 1. The maximum Gasteiger partial charge on any atom is 0.139 e. The van der Waals surface area contributed by atoms with E-state index in [2.05, 4.69) is 16.7 Å². The monoisotopic (exact) mass is 298 g/mol. The molecule has 4 atom stereocenters. The lowest BCUT2D eigenvalue weighted by atomic mass is 9.91. The van der Waals surface area contributed by atoms with Crippen molar-refractivity contribution in [3.05, 3.63) is 0 Å². The average Bonchev–Trinajstić information content (AvgIpc) is 2.39. The van der Waals surface area contributed by atoms with Gasteiger partial charge in [0, 0.05) is 25.6 Å². The van der Waals surface area contributed by atoms with Crippen molar-refractivity contribution < 1.29 is 14.6 Å². The maximum atomic E-state index is 13.7. The Balaban J connectivity index is 2.11. The Bertz CT molecular complexity index is 420. The SMILES string of the molecule is CC(C)N1CC(F)C(O)CC1C#CC1(O)CCCN(C)C1. The molecule has 4 unspecified atom stereocenters. The maximum absolute atomic E-state index is 13.7. The van der Waals surface area contributed by atoms with Crippen molar-refractivity contribution in [3.8, 4) is 11.8 Å². The van der Waals surface area contributed by atoms with Crippen molar-refractivity contribution >= 4 is 0 Å². The minimum Gasteiger partial charge on any atom is -0.390 e. The van der Waals surface area contributed by atoms with Gasteiger partial charge in [0.05, 0.1) is 12.1 Å². The van der Waals surface area contributed by atoms with Gasteiger partial charge in [-0.3, -0.25) is 4.90 Å². The molecule has 5 heteroatoms. The molecule has 2 heterocycles. The first-order chi connectivity index (χ1) is 9.81. The Hall–Kier alpha value is -0.670. The van der Waals surface area contributed by atoms with Crippen LogP contribution < -0.4 is 0 Å². The van der Waals surface area contributed by atoms with Gasteiger partial charge in [-0.1, -0.05) is 11.8 Å². The second kappa shape index (κ2) is 6.62. The largest absolute Gasteiger partial charge is 0.390 e. The van der Waals surface area contributed by atoms with Crippen LogP contribution in [0.1, 0.15) is 33.1 Å². The van der Waals surface area contributed by atoms with Crippen LogP contribution in [0.15, 0.2) is 0 Å². The molecule has 2 saturated heterocycles. The summed E-state index contributed by atoms with van der Waals surface area (Å²) in [4.78, 5) is 4.05. The highest BCUT2D eigenvalue weighted by Crippen LogP contribution is 2.23. The molecular formula is C16H27FN2O2. The molecule has 0 aromatic heterocycles. The highest BCUT2D eigenvalue weighted by atomic mass is 19.1. The first-order valence-electron chi connectivity index (χ1n) is 7.82. The average molecular weight is 298 g/mol. The predicted octanol–water partition coefficient (Wildman–Crippen LogP) is 0.628. The van der Waals surface area contributed by atoms with Crippen LogP contribution in [0.5, 0.6) is 0 Å². The lowest BCUT2D eigenvalue weighted by Crippen LogP contribution is -2.53. The highest BCUT2D eigenvalue weighted by Gasteiger charge is 2.36. The van der Waals surface area contributed by atoms with Crippen molar-refractivity contribution in [3.63, 3.8) is 0 Å². The van der Waals surface area contributed by atoms with Crippen molar-refractivity contribution in [2.75, 3.05) is 26.7 Å². The normalized spacial score (nSPS) is 39.1. The lowest BCUT2D eigenvalue weighted by Gasteiger charge is -2.40. The fourth-order valence-corrected chi connectivity index (χ4v) is 3.24. The number of halogens is 1. The summed E-state index contributed by atoms with van der Waals surface area (Å²) >= 11 is 0. The van der Waals surface area contributed by atoms with Crippen LogP contribution in [0, 0.1) is 11.8 Å². The third-order valence-corrected chi connectivity index (χ3v) is 4.46. The van der Waals surface area contributed by atoms with Crippen LogP contribution in [0.4, 0.5) is 4.39 Å². The molecule has 120 valence electrons. The highest BCUT2D eigenvalue weighted by molar-refractivity contribution is 5.21. The van der Waals surface area contributed by atoms with E-state index < -0.39 is 17.9 Å². The summed E-state index contributed by atoms with van der Waals surface area (Å²) in [5, 5.41) is 20.3. The van der Waals surface area contributed by atoms with E-state index in [1.54, 1.807) is 0 Å². The van der Waals surface area contributed by atoms with E-state index in [9.17, 15) is 14.6 Å². The number of likely N-dealkylation sites (tertiary alicyclic amines) is 2. The van der Waals surface area contributed by atoms with E-state index in [-0.39, 0.29) is 18.6 Å². The molecule has 2 aliphatic heterocycles. The van der Waals surface area contributed by atoms with Gasteiger partial charge in [-0.05, 0) is 40.3 Å². The number of hydrogen-bond donors (Lipinski definition) is 2. The predicted molar refractivity (Wildman–Crippen MR) is 80.6 cm³/mol. The fourth-order valence-electron chi connectivity index (χ4n) is 3.24. The molecule has 0 amide bonds. The number of β-amino-alcohol motifs (C(OH)–C–C–N with tert-alkyl or cyclic N) is 1. The molecule has 0 spiro atoms. The molecule has 0 aromatic carbocycles. The van der Waals surface area contributed by atoms with Gasteiger partial charge in [-0.25, -0.2) is 4.39 Å². The summed E-state index contributed by atoms with van der Waals surface area (Å²) in [7, 11) is 1.98. The van der Waals surface area contributed by atoms with Crippen molar-refractivity contribution in [1.82, 2.24) is 9.80 Å². The third kappa shape index (κ3) is 4.17. The molecule has 0 radical (unpaired) electrons. The second-order valence-electron chi connectivity index (χ2n) is 6.77. The minimum atomic E-state index is -1.21. The van der Waals surface area contributed by atoms with Crippen LogP contribution in [0.3, 0.4) is 0 Å². The number of aliphatic hydroxyl groups is 2. The number of piperidine rings is 2. The molecule has 2 rings (SSSR count). The molecule has 0 bridgehead atoms. The Morgan fingerprint density at radius 2 is 2.10 bits per heavy atom. The van der Waals surface area contributed by atoms with Gasteiger partial charge in [-0.15, -0.1) is 0 Å². The van der Waals surface area contributed by atoms with Crippen molar-refractivity contribution in [2.24, 2.45) is 0 Å². The first-order valence-corrected chi connectivity index (χ1v) is 7.82. The van der Waals surface area contributed by atoms with E-state index in [1.807, 2.05) is 25.8 Å². The van der Waals surface area contributed by atoms with E-state index in [0.717, 1.165) is 13.0 Å². The molecule has 0 aromatic rings.